The van der Waals surface area contributed by atoms with Crippen LogP contribution >= 0.6 is 0 Å². The van der Waals surface area contributed by atoms with E-state index in [2.05, 4.69) is 0 Å². The van der Waals surface area contributed by atoms with E-state index in [1.54, 1.807) is 6.07 Å². The van der Waals surface area contributed by atoms with Crippen molar-refractivity contribution in [1.29, 1.82) is 5.26 Å². The van der Waals surface area contributed by atoms with Gasteiger partial charge in [0.1, 0.15) is 0 Å². The summed E-state index contributed by atoms with van der Waals surface area (Å²) in [5.41, 5.74) is 0. The minimum absolute atomic E-state index is 0.0758. The average Bonchev–Trinajstić information content (AvgIpc) is 1.66. The van der Waals surface area contributed by atoms with Gasteiger partial charge >= 0.3 is 5.97 Å². The largest absolute Gasteiger partial charge is 0.481 e. The molecule has 0 saturated heterocycles. The van der Waals surface area contributed by atoms with E-state index in [1.165, 1.54) is 6.08 Å². The molecule has 0 saturated carbocycles. The number of aliphatic carboxylic acids is 1. The van der Waals surface area contributed by atoms with Gasteiger partial charge in [0, 0.05) is 6.08 Å². The number of rotatable bonds is 2. The van der Waals surface area contributed by atoms with Gasteiger partial charge < -0.3 is 5.11 Å². The number of carboxylic acids is 1. The summed E-state index contributed by atoms with van der Waals surface area (Å²) < 4.78 is 0. The van der Waals surface area contributed by atoms with Crippen LogP contribution in [0.25, 0.3) is 0 Å². The van der Waals surface area contributed by atoms with Gasteiger partial charge in [0.05, 0.1) is 12.5 Å². The van der Waals surface area contributed by atoms with Crippen molar-refractivity contribution < 1.29 is 9.90 Å². The molecule has 0 unspecified atom stereocenters. The van der Waals surface area contributed by atoms with Gasteiger partial charge in [-0.15, -0.1) is 0 Å². The number of nitriles is 1. The number of nitrogens with zero attached hydrogens (tertiary/aromatic N) is 1. The Morgan fingerprint density at radius 1 is 1.88 bits per heavy atom. The van der Waals surface area contributed by atoms with E-state index in [0.29, 0.717) is 0 Å². The first kappa shape index (κ1) is 6.70. The van der Waals surface area contributed by atoms with E-state index < -0.39 is 5.97 Å². The molecule has 0 atom stereocenters. The lowest BCUT2D eigenvalue weighted by Gasteiger charge is -1.76. The zero-order chi connectivity index (χ0) is 6.41. The molecule has 0 aliphatic carbocycles. The Bertz CT molecular complexity index is 143. The quantitative estimate of drug-likeness (QED) is 0.529. The third kappa shape index (κ3) is 4.70. The molecule has 0 bridgehead atoms. The molecule has 0 amide bonds. The van der Waals surface area contributed by atoms with Crippen molar-refractivity contribution in [2.75, 3.05) is 0 Å². The fraction of sp³-hybridized carbons (Fsp3) is 0.200. The predicted molar refractivity (Wildman–Crippen MR) is 27.0 cm³/mol. The van der Waals surface area contributed by atoms with Gasteiger partial charge in [-0.1, -0.05) is 6.08 Å². The Hall–Kier alpha value is -1.30. The lowest BCUT2D eigenvalue weighted by molar-refractivity contribution is -0.135. The van der Waals surface area contributed by atoms with E-state index in [-0.39, 0.29) is 6.42 Å². The van der Waals surface area contributed by atoms with Crippen LogP contribution in [-0.2, 0) is 4.79 Å². The molecule has 0 aliphatic heterocycles. The zero-order valence-electron chi connectivity index (χ0n) is 4.16. The van der Waals surface area contributed by atoms with Crippen molar-refractivity contribution in [3.63, 3.8) is 0 Å². The standard InChI is InChI=1S/C5H5NO2/c6-4-2-1-3-5(7)8/h1-2H,3H2,(H,7,8). The highest BCUT2D eigenvalue weighted by Crippen LogP contribution is 1.79. The van der Waals surface area contributed by atoms with Crippen LogP contribution in [-0.4, -0.2) is 11.1 Å². The lowest BCUT2D eigenvalue weighted by atomic mass is 10.4. The molecular formula is C5H5NO2. The van der Waals surface area contributed by atoms with Gasteiger partial charge in [-0.3, -0.25) is 4.79 Å². The zero-order valence-corrected chi connectivity index (χ0v) is 4.16. The highest BCUT2D eigenvalue weighted by molar-refractivity contribution is 5.68. The maximum absolute atomic E-state index is 9.71. The normalized spacial score (nSPS) is 8.88. The van der Waals surface area contributed by atoms with Crippen LogP contribution in [0.2, 0.25) is 0 Å². The van der Waals surface area contributed by atoms with Crippen LogP contribution in [0.5, 0.6) is 0 Å². The highest BCUT2D eigenvalue weighted by Gasteiger charge is 1.86. The van der Waals surface area contributed by atoms with Gasteiger partial charge in [0.2, 0.25) is 0 Å². The molecule has 0 heterocycles. The van der Waals surface area contributed by atoms with Gasteiger partial charge in [-0.05, 0) is 0 Å². The van der Waals surface area contributed by atoms with Crippen molar-refractivity contribution in [2.24, 2.45) is 0 Å². The number of hydrogen-bond acceptors (Lipinski definition) is 2. The second kappa shape index (κ2) is 3.88. The molecule has 42 valence electrons. The summed E-state index contributed by atoms with van der Waals surface area (Å²) in [6, 6.07) is 1.68. The third-order valence-electron chi connectivity index (χ3n) is 0.485. The SMILES string of the molecule is N#CC=CCC(=O)O. The molecule has 0 aliphatic rings. The van der Waals surface area contributed by atoms with E-state index >= 15 is 0 Å². The maximum atomic E-state index is 9.71. The minimum atomic E-state index is -0.920. The van der Waals surface area contributed by atoms with Crippen LogP contribution in [0.4, 0.5) is 0 Å². The summed E-state index contributed by atoms with van der Waals surface area (Å²) in [6.45, 7) is 0. The molecule has 8 heavy (non-hydrogen) atoms. The lowest BCUT2D eigenvalue weighted by Crippen LogP contribution is -1.89. The van der Waals surface area contributed by atoms with Crippen LogP contribution < -0.4 is 0 Å². The first-order valence-electron chi connectivity index (χ1n) is 2.04. The number of carboxylic acid groups (broad SMARTS) is 1. The molecule has 0 aromatic carbocycles. The summed E-state index contributed by atoms with van der Waals surface area (Å²) in [5, 5.41) is 15.8. The molecule has 0 radical (unpaired) electrons. The molecule has 0 aromatic heterocycles. The maximum Gasteiger partial charge on any atom is 0.307 e. The molecular weight excluding hydrogens is 106 g/mol. The molecule has 0 spiro atoms. The summed E-state index contributed by atoms with van der Waals surface area (Å²) in [5.74, 6) is -0.920. The van der Waals surface area contributed by atoms with E-state index in [0.717, 1.165) is 6.08 Å². The van der Waals surface area contributed by atoms with Crippen LogP contribution in [0.1, 0.15) is 6.42 Å². The van der Waals surface area contributed by atoms with Crippen molar-refractivity contribution >= 4 is 5.97 Å². The minimum Gasteiger partial charge on any atom is -0.481 e. The Labute approximate surface area is 46.9 Å². The highest BCUT2D eigenvalue weighted by atomic mass is 16.4. The van der Waals surface area contributed by atoms with Gasteiger partial charge in [-0.25, -0.2) is 0 Å². The van der Waals surface area contributed by atoms with Gasteiger partial charge in [0.15, 0.2) is 0 Å². The molecule has 3 heteroatoms. The summed E-state index contributed by atoms with van der Waals surface area (Å²) in [7, 11) is 0. The van der Waals surface area contributed by atoms with Crippen molar-refractivity contribution in [3.8, 4) is 6.07 Å². The van der Waals surface area contributed by atoms with Crippen LogP contribution in [0, 0.1) is 11.3 Å². The van der Waals surface area contributed by atoms with Crippen molar-refractivity contribution in [3.05, 3.63) is 12.2 Å². The van der Waals surface area contributed by atoms with Crippen LogP contribution in [0.3, 0.4) is 0 Å². The fourth-order valence-corrected chi connectivity index (χ4v) is 0.212. The third-order valence-corrected chi connectivity index (χ3v) is 0.485. The molecule has 0 fully saturated rings. The smallest absolute Gasteiger partial charge is 0.307 e. The summed E-state index contributed by atoms with van der Waals surface area (Å²) in [6.07, 6.45) is 2.37. The number of carbonyl (C=O) groups is 1. The van der Waals surface area contributed by atoms with Gasteiger partial charge in [0.25, 0.3) is 0 Å². The van der Waals surface area contributed by atoms with E-state index in [4.69, 9.17) is 10.4 Å². The van der Waals surface area contributed by atoms with Crippen molar-refractivity contribution in [2.45, 2.75) is 6.42 Å². The first-order chi connectivity index (χ1) is 3.77. The summed E-state index contributed by atoms with van der Waals surface area (Å²) >= 11 is 0. The Morgan fingerprint density at radius 2 is 2.50 bits per heavy atom. The monoisotopic (exact) mass is 111 g/mol. The predicted octanol–water partition coefficient (Wildman–Crippen LogP) is 0.541. The van der Waals surface area contributed by atoms with Crippen molar-refractivity contribution in [1.82, 2.24) is 0 Å². The second-order valence-corrected chi connectivity index (χ2v) is 1.13. The summed E-state index contributed by atoms with van der Waals surface area (Å²) in [4.78, 5) is 9.71. The second-order valence-electron chi connectivity index (χ2n) is 1.13. The molecule has 3 nitrogen and oxygen atoms in total. The van der Waals surface area contributed by atoms with E-state index in [9.17, 15) is 4.79 Å². The topological polar surface area (TPSA) is 61.1 Å². The molecule has 0 rings (SSSR count). The average molecular weight is 111 g/mol. The van der Waals surface area contributed by atoms with Crippen LogP contribution in [0.15, 0.2) is 12.2 Å². The number of hydrogen-bond donors (Lipinski definition) is 1. The fourth-order valence-electron chi connectivity index (χ4n) is 0.212. The Kier molecular flexibility index (Phi) is 3.25. The first-order valence-corrected chi connectivity index (χ1v) is 2.04. The Balaban J connectivity index is 3.34. The van der Waals surface area contributed by atoms with Gasteiger partial charge in [-0.2, -0.15) is 5.26 Å². The number of allylic oxidation sites excluding steroid dienone is 1. The Morgan fingerprint density at radius 3 is 2.88 bits per heavy atom. The molecule has 1 N–H and O–H groups in total. The molecule has 0 aromatic rings. The van der Waals surface area contributed by atoms with E-state index in [1.807, 2.05) is 0 Å².